The van der Waals surface area contributed by atoms with Crippen molar-refractivity contribution in [3.63, 3.8) is 0 Å². The van der Waals surface area contributed by atoms with Crippen LogP contribution in [0.3, 0.4) is 0 Å². The molecule has 1 fully saturated rings. The number of hydrogen-bond donors (Lipinski definition) is 1. The summed E-state index contributed by atoms with van der Waals surface area (Å²) in [6, 6.07) is 15.8. The van der Waals surface area contributed by atoms with Crippen LogP contribution in [0.4, 0.5) is 5.69 Å². The Kier molecular flexibility index (Phi) is 6.54. The summed E-state index contributed by atoms with van der Waals surface area (Å²) in [6.07, 6.45) is 3.27. The van der Waals surface area contributed by atoms with Crippen molar-refractivity contribution in [3.05, 3.63) is 70.8 Å². The lowest BCUT2D eigenvalue weighted by Crippen LogP contribution is -2.44. The van der Waals surface area contributed by atoms with Gasteiger partial charge < -0.3 is 15.1 Å². The van der Waals surface area contributed by atoms with Gasteiger partial charge >= 0.3 is 0 Å². The molecule has 142 valence electrons. The lowest BCUT2D eigenvalue weighted by Gasteiger charge is -2.34. The van der Waals surface area contributed by atoms with Crippen LogP contribution in [0.1, 0.15) is 24.1 Å². The third-order valence-electron chi connectivity index (χ3n) is 4.92. The smallest absolute Gasteiger partial charge is 0.244 e. The van der Waals surface area contributed by atoms with Gasteiger partial charge in [-0.3, -0.25) is 4.79 Å². The van der Waals surface area contributed by atoms with E-state index in [0.717, 1.165) is 37.3 Å². The van der Waals surface area contributed by atoms with E-state index in [1.807, 2.05) is 31.2 Å². The minimum absolute atomic E-state index is 0.0687. The molecule has 1 atom stereocenters. The van der Waals surface area contributed by atoms with Crippen molar-refractivity contribution in [2.24, 2.45) is 0 Å². The SMILES string of the molecule is CC(NC(=O)/C=C/c1ccccc1Cl)c1cccc(N2CCN(C)CC2)c1. The van der Waals surface area contributed by atoms with E-state index in [1.165, 1.54) is 11.8 Å². The highest BCUT2D eigenvalue weighted by Gasteiger charge is 2.15. The van der Waals surface area contributed by atoms with Crippen LogP contribution in [0, 0.1) is 0 Å². The monoisotopic (exact) mass is 383 g/mol. The number of amides is 1. The molecule has 1 amide bonds. The molecule has 5 heteroatoms. The van der Waals surface area contributed by atoms with Crippen molar-refractivity contribution in [1.29, 1.82) is 0 Å². The first-order valence-electron chi connectivity index (χ1n) is 9.29. The van der Waals surface area contributed by atoms with Gasteiger partial charge in [0.25, 0.3) is 0 Å². The molecule has 0 spiro atoms. The fraction of sp³-hybridized carbons (Fsp3) is 0.318. The van der Waals surface area contributed by atoms with Gasteiger partial charge in [0, 0.05) is 43.0 Å². The number of benzene rings is 2. The fourth-order valence-electron chi connectivity index (χ4n) is 3.18. The molecule has 1 N–H and O–H groups in total. The first kappa shape index (κ1) is 19.5. The van der Waals surface area contributed by atoms with Crippen LogP contribution in [0.2, 0.25) is 5.02 Å². The number of carbonyl (C=O) groups excluding carboxylic acids is 1. The van der Waals surface area contributed by atoms with Gasteiger partial charge in [-0.25, -0.2) is 0 Å². The van der Waals surface area contributed by atoms with Crippen molar-refractivity contribution in [2.45, 2.75) is 13.0 Å². The molecule has 2 aromatic rings. The van der Waals surface area contributed by atoms with Crippen LogP contribution in [0.15, 0.2) is 54.6 Å². The van der Waals surface area contributed by atoms with Crippen LogP contribution in [-0.2, 0) is 4.79 Å². The number of nitrogens with one attached hydrogen (secondary N) is 1. The summed E-state index contributed by atoms with van der Waals surface area (Å²) >= 11 is 6.12. The second-order valence-electron chi connectivity index (χ2n) is 6.97. The van der Waals surface area contributed by atoms with Crippen LogP contribution in [0.5, 0.6) is 0 Å². The van der Waals surface area contributed by atoms with Crippen molar-refractivity contribution in [3.8, 4) is 0 Å². The Balaban J connectivity index is 1.62. The molecule has 1 aliphatic rings. The molecule has 1 aliphatic heterocycles. The minimum Gasteiger partial charge on any atom is -0.369 e. The topological polar surface area (TPSA) is 35.6 Å². The van der Waals surface area contributed by atoms with Crippen LogP contribution in [-0.4, -0.2) is 44.0 Å². The Labute approximate surface area is 166 Å². The number of anilines is 1. The second-order valence-corrected chi connectivity index (χ2v) is 7.38. The van der Waals surface area contributed by atoms with Gasteiger partial charge in [0.2, 0.25) is 5.91 Å². The van der Waals surface area contributed by atoms with Crippen molar-refractivity contribution < 1.29 is 4.79 Å². The number of nitrogens with zero attached hydrogens (tertiary/aromatic N) is 2. The highest BCUT2D eigenvalue weighted by molar-refractivity contribution is 6.32. The Morgan fingerprint density at radius 3 is 2.59 bits per heavy atom. The highest BCUT2D eigenvalue weighted by Crippen LogP contribution is 2.22. The number of halogens is 1. The molecule has 4 nitrogen and oxygen atoms in total. The fourth-order valence-corrected chi connectivity index (χ4v) is 3.37. The maximum Gasteiger partial charge on any atom is 0.244 e. The van der Waals surface area contributed by atoms with E-state index in [0.29, 0.717) is 5.02 Å². The predicted octanol–water partition coefficient (Wildman–Crippen LogP) is 3.98. The summed E-state index contributed by atoms with van der Waals surface area (Å²) in [4.78, 5) is 17.0. The average molecular weight is 384 g/mol. The van der Waals surface area contributed by atoms with Crippen LogP contribution >= 0.6 is 11.6 Å². The zero-order chi connectivity index (χ0) is 19.2. The summed E-state index contributed by atoms with van der Waals surface area (Å²) in [5.41, 5.74) is 3.15. The number of rotatable bonds is 5. The largest absolute Gasteiger partial charge is 0.369 e. The average Bonchev–Trinajstić information content (AvgIpc) is 2.68. The van der Waals surface area contributed by atoms with E-state index < -0.39 is 0 Å². The molecule has 0 saturated carbocycles. The van der Waals surface area contributed by atoms with Gasteiger partial charge in [-0.1, -0.05) is 41.9 Å². The number of likely N-dealkylation sites (N-methyl/N-ethyl adjacent to an activating group) is 1. The van der Waals surface area contributed by atoms with Crippen molar-refractivity contribution >= 4 is 29.3 Å². The molecule has 27 heavy (non-hydrogen) atoms. The second kappa shape index (κ2) is 9.07. The maximum atomic E-state index is 12.3. The quantitative estimate of drug-likeness (QED) is 0.793. The van der Waals surface area contributed by atoms with E-state index in [1.54, 1.807) is 6.08 Å². The molecule has 1 heterocycles. The molecule has 0 radical (unpaired) electrons. The summed E-state index contributed by atoms with van der Waals surface area (Å²) in [6.45, 7) is 6.21. The van der Waals surface area contributed by atoms with Gasteiger partial charge in [-0.05, 0) is 49.4 Å². The number of carbonyl (C=O) groups is 1. The van der Waals surface area contributed by atoms with E-state index in [9.17, 15) is 4.79 Å². The third-order valence-corrected chi connectivity index (χ3v) is 5.26. The number of hydrogen-bond acceptors (Lipinski definition) is 3. The van der Waals surface area contributed by atoms with Gasteiger partial charge in [0.05, 0.1) is 6.04 Å². The molecule has 0 aliphatic carbocycles. The maximum absolute atomic E-state index is 12.3. The minimum atomic E-state index is -0.132. The van der Waals surface area contributed by atoms with Crippen molar-refractivity contribution in [1.82, 2.24) is 10.2 Å². The summed E-state index contributed by atoms with van der Waals surface area (Å²) in [7, 11) is 2.15. The standard InChI is InChI=1S/C22H26ClN3O/c1-17(24-22(27)11-10-18-6-3-4-9-21(18)23)19-7-5-8-20(16-19)26-14-12-25(2)13-15-26/h3-11,16-17H,12-15H2,1-2H3,(H,24,27)/b11-10+. The lowest BCUT2D eigenvalue weighted by atomic mass is 10.1. The van der Waals surface area contributed by atoms with Crippen LogP contribution in [0.25, 0.3) is 6.08 Å². The Hall–Kier alpha value is -2.30. The van der Waals surface area contributed by atoms with E-state index >= 15 is 0 Å². The first-order valence-corrected chi connectivity index (χ1v) is 9.67. The Morgan fingerprint density at radius 2 is 1.85 bits per heavy atom. The summed E-state index contributed by atoms with van der Waals surface area (Å²) in [5, 5.41) is 3.66. The van der Waals surface area contributed by atoms with Crippen LogP contribution < -0.4 is 10.2 Å². The zero-order valence-corrected chi connectivity index (χ0v) is 16.6. The molecule has 1 saturated heterocycles. The first-order chi connectivity index (χ1) is 13.0. The van der Waals surface area contributed by atoms with Gasteiger partial charge in [0.15, 0.2) is 0 Å². The van der Waals surface area contributed by atoms with Gasteiger partial charge in [-0.15, -0.1) is 0 Å². The van der Waals surface area contributed by atoms with Gasteiger partial charge in [0.1, 0.15) is 0 Å². The van der Waals surface area contributed by atoms with E-state index in [-0.39, 0.29) is 11.9 Å². The van der Waals surface area contributed by atoms with Crippen molar-refractivity contribution in [2.75, 3.05) is 38.1 Å². The Morgan fingerprint density at radius 1 is 1.11 bits per heavy atom. The zero-order valence-electron chi connectivity index (χ0n) is 15.9. The molecular weight excluding hydrogens is 358 g/mol. The number of piperazine rings is 1. The molecule has 2 aromatic carbocycles. The highest BCUT2D eigenvalue weighted by atomic mass is 35.5. The van der Waals surface area contributed by atoms with Gasteiger partial charge in [-0.2, -0.15) is 0 Å². The summed E-state index contributed by atoms with van der Waals surface area (Å²) < 4.78 is 0. The normalized spacial score (nSPS) is 16.5. The van der Waals surface area contributed by atoms with E-state index in [2.05, 4.69) is 46.4 Å². The molecule has 3 rings (SSSR count). The van der Waals surface area contributed by atoms with E-state index in [4.69, 9.17) is 11.6 Å². The Bertz CT molecular complexity index is 813. The summed E-state index contributed by atoms with van der Waals surface area (Å²) in [5.74, 6) is -0.132. The third kappa shape index (κ3) is 5.34. The molecule has 0 bridgehead atoms. The predicted molar refractivity (Wildman–Crippen MR) is 113 cm³/mol. The molecular formula is C22H26ClN3O. The molecule has 1 unspecified atom stereocenters. The molecule has 0 aromatic heterocycles. The lowest BCUT2D eigenvalue weighted by molar-refractivity contribution is -0.117.